The first-order valence-electron chi connectivity index (χ1n) is 5.32. The first-order chi connectivity index (χ1) is 9.04. The standard InChI is InChI=1S/C11H11FN4OS2/c1-6-15-16-11(19-6)18-5-10(17)14-9-3-2-7(12)4-8(9)13/h2-4H,5,13H2,1H3,(H,14,17). The molecule has 3 N–H and O–H groups in total. The molecule has 0 atom stereocenters. The maximum Gasteiger partial charge on any atom is 0.234 e. The summed E-state index contributed by atoms with van der Waals surface area (Å²) < 4.78 is 13.6. The fourth-order valence-corrected chi connectivity index (χ4v) is 2.91. The molecule has 0 aliphatic carbocycles. The number of hydrogen-bond acceptors (Lipinski definition) is 6. The Morgan fingerprint density at radius 2 is 2.32 bits per heavy atom. The van der Waals surface area contributed by atoms with Crippen molar-refractivity contribution in [2.75, 3.05) is 16.8 Å². The highest BCUT2D eigenvalue weighted by molar-refractivity contribution is 8.01. The van der Waals surface area contributed by atoms with E-state index < -0.39 is 5.82 Å². The molecule has 1 heterocycles. The van der Waals surface area contributed by atoms with Crippen molar-refractivity contribution in [2.45, 2.75) is 11.3 Å². The number of thioether (sulfide) groups is 1. The number of nitrogens with two attached hydrogens (primary N) is 1. The van der Waals surface area contributed by atoms with Gasteiger partial charge in [0.1, 0.15) is 10.8 Å². The van der Waals surface area contributed by atoms with Crippen LogP contribution in [0.5, 0.6) is 0 Å². The summed E-state index contributed by atoms with van der Waals surface area (Å²) in [5.74, 6) is -0.462. The van der Waals surface area contributed by atoms with Crippen molar-refractivity contribution in [1.29, 1.82) is 0 Å². The molecule has 100 valence electrons. The number of amides is 1. The number of nitrogens with zero attached hydrogens (tertiary/aromatic N) is 2. The van der Waals surface area contributed by atoms with Gasteiger partial charge in [-0.1, -0.05) is 23.1 Å². The van der Waals surface area contributed by atoms with Crippen molar-refractivity contribution in [2.24, 2.45) is 0 Å². The molecule has 1 amide bonds. The summed E-state index contributed by atoms with van der Waals surface area (Å²) in [6.45, 7) is 1.85. The minimum Gasteiger partial charge on any atom is -0.397 e. The number of benzene rings is 1. The van der Waals surface area contributed by atoms with E-state index in [9.17, 15) is 9.18 Å². The number of rotatable bonds is 4. The second-order valence-corrected chi connectivity index (χ2v) is 6.06. The first kappa shape index (κ1) is 13.8. The van der Waals surface area contributed by atoms with Gasteiger partial charge >= 0.3 is 0 Å². The van der Waals surface area contributed by atoms with Gasteiger partial charge in [-0.15, -0.1) is 10.2 Å². The van der Waals surface area contributed by atoms with Crippen molar-refractivity contribution in [1.82, 2.24) is 10.2 Å². The highest BCUT2D eigenvalue weighted by atomic mass is 32.2. The minimum atomic E-state index is -0.436. The van der Waals surface area contributed by atoms with Crippen molar-refractivity contribution in [3.05, 3.63) is 29.0 Å². The number of carbonyl (C=O) groups is 1. The van der Waals surface area contributed by atoms with Gasteiger partial charge in [0.05, 0.1) is 17.1 Å². The predicted octanol–water partition coefficient (Wildman–Crippen LogP) is 2.30. The molecule has 0 aliphatic rings. The Bertz CT molecular complexity index is 602. The van der Waals surface area contributed by atoms with Crippen LogP contribution in [0.15, 0.2) is 22.5 Å². The lowest BCUT2D eigenvalue weighted by Crippen LogP contribution is -2.15. The highest BCUT2D eigenvalue weighted by Gasteiger charge is 2.08. The average Bonchev–Trinajstić information content (AvgIpc) is 2.76. The van der Waals surface area contributed by atoms with E-state index >= 15 is 0 Å². The number of hydrogen-bond donors (Lipinski definition) is 2. The average molecular weight is 298 g/mol. The Morgan fingerprint density at radius 1 is 1.53 bits per heavy atom. The molecule has 5 nitrogen and oxygen atoms in total. The van der Waals surface area contributed by atoms with Crippen LogP contribution in [-0.2, 0) is 4.79 Å². The normalized spacial score (nSPS) is 10.4. The quantitative estimate of drug-likeness (QED) is 0.668. The van der Waals surface area contributed by atoms with Gasteiger partial charge in [0.25, 0.3) is 0 Å². The Morgan fingerprint density at radius 3 is 2.95 bits per heavy atom. The molecule has 0 saturated carbocycles. The topological polar surface area (TPSA) is 80.9 Å². The molecule has 0 unspecified atom stereocenters. The fraction of sp³-hybridized carbons (Fsp3) is 0.182. The number of aryl methyl sites for hydroxylation is 1. The molecular formula is C11H11FN4OS2. The van der Waals surface area contributed by atoms with Gasteiger partial charge in [-0.3, -0.25) is 4.79 Å². The van der Waals surface area contributed by atoms with Crippen LogP contribution < -0.4 is 11.1 Å². The second-order valence-electron chi connectivity index (χ2n) is 3.66. The maximum absolute atomic E-state index is 12.8. The van der Waals surface area contributed by atoms with Crippen LogP contribution in [0.1, 0.15) is 5.01 Å². The Labute approximate surface area is 117 Å². The lowest BCUT2D eigenvalue weighted by molar-refractivity contribution is -0.113. The molecule has 1 aromatic carbocycles. The van der Waals surface area contributed by atoms with Gasteiger partial charge < -0.3 is 11.1 Å². The molecule has 8 heteroatoms. The van der Waals surface area contributed by atoms with Crippen LogP contribution in [0.3, 0.4) is 0 Å². The van der Waals surface area contributed by atoms with E-state index in [0.29, 0.717) is 5.69 Å². The third kappa shape index (κ3) is 3.90. The third-order valence-electron chi connectivity index (χ3n) is 2.12. The van der Waals surface area contributed by atoms with Crippen LogP contribution in [-0.4, -0.2) is 21.9 Å². The maximum atomic E-state index is 12.8. The van der Waals surface area contributed by atoms with Gasteiger partial charge in [0.15, 0.2) is 4.34 Å². The SMILES string of the molecule is Cc1nnc(SCC(=O)Nc2ccc(F)cc2N)s1. The largest absolute Gasteiger partial charge is 0.397 e. The summed E-state index contributed by atoms with van der Waals surface area (Å²) in [7, 11) is 0. The highest BCUT2D eigenvalue weighted by Crippen LogP contribution is 2.23. The molecule has 0 radical (unpaired) electrons. The molecular weight excluding hydrogens is 287 g/mol. The molecule has 2 aromatic rings. The molecule has 0 fully saturated rings. The van der Waals surface area contributed by atoms with Gasteiger partial charge in [-0.2, -0.15) is 0 Å². The summed E-state index contributed by atoms with van der Waals surface area (Å²) in [6.07, 6.45) is 0. The number of anilines is 2. The predicted molar refractivity (Wildman–Crippen MR) is 74.8 cm³/mol. The van der Waals surface area contributed by atoms with Gasteiger partial charge in [0, 0.05) is 0 Å². The fourth-order valence-electron chi connectivity index (χ4n) is 1.30. The van der Waals surface area contributed by atoms with Gasteiger partial charge in [0.2, 0.25) is 5.91 Å². The summed E-state index contributed by atoms with van der Waals surface area (Å²) in [5.41, 5.74) is 6.20. The number of nitrogen functional groups attached to an aromatic ring is 1. The molecule has 0 bridgehead atoms. The Kier molecular flexibility index (Phi) is 4.33. The summed E-state index contributed by atoms with van der Waals surface area (Å²) >= 11 is 2.72. The molecule has 0 aliphatic heterocycles. The third-order valence-corrected chi connectivity index (χ3v) is 4.09. The van der Waals surface area contributed by atoms with E-state index in [2.05, 4.69) is 15.5 Å². The molecule has 0 spiro atoms. The zero-order valence-electron chi connectivity index (χ0n) is 10.0. The first-order valence-corrected chi connectivity index (χ1v) is 7.12. The van der Waals surface area contributed by atoms with Crippen LogP contribution in [0.4, 0.5) is 15.8 Å². The number of carbonyl (C=O) groups excluding carboxylic acids is 1. The number of aromatic nitrogens is 2. The lowest BCUT2D eigenvalue weighted by Gasteiger charge is -2.07. The van der Waals surface area contributed by atoms with Crippen molar-refractivity contribution in [3.63, 3.8) is 0 Å². The number of halogens is 1. The van der Waals surface area contributed by atoms with Crippen molar-refractivity contribution >= 4 is 40.4 Å². The summed E-state index contributed by atoms with van der Waals surface area (Å²) in [4.78, 5) is 11.7. The smallest absolute Gasteiger partial charge is 0.234 e. The summed E-state index contributed by atoms with van der Waals surface area (Å²) in [6, 6.07) is 3.84. The van der Waals surface area contributed by atoms with E-state index in [4.69, 9.17) is 5.73 Å². The van der Waals surface area contributed by atoms with E-state index in [1.807, 2.05) is 6.92 Å². The van der Waals surface area contributed by atoms with E-state index in [-0.39, 0.29) is 17.3 Å². The molecule has 19 heavy (non-hydrogen) atoms. The minimum absolute atomic E-state index is 0.199. The van der Waals surface area contributed by atoms with Crippen LogP contribution >= 0.6 is 23.1 Å². The van der Waals surface area contributed by atoms with Crippen molar-refractivity contribution in [3.8, 4) is 0 Å². The van der Waals surface area contributed by atoms with Crippen LogP contribution in [0, 0.1) is 12.7 Å². The second kappa shape index (κ2) is 5.98. The van der Waals surface area contributed by atoms with Crippen LogP contribution in [0.2, 0.25) is 0 Å². The van der Waals surface area contributed by atoms with Gasteiger partial charge in [-0.25, -0.2) is 4.39 Å². The van der Waals surface area contributed by atoms with E-state index in [0.717, 1.165) is 15.4 Å². The molecule has 0 saturated heterocycles. The van der Waals surface area contributed by atoms with E-state index in [1.165, 1.54) is 35.2 Å². The van der Waals surface area contributed by atoms with E-state index in [1.54, 1.807) is 0 Å². The monoisotopic (exact) mass is 298 g/mol. The Balaban J connectivity index is 1.90. The molecule has 1 aromatic heterocycles. The summed E-state index contributed by atoms with van der Waals surface area (Å²) in [5, 5.41) is 11.2. The lowest BCUT2D eigenvalue weighted by atomic mass is 10.2. The zero-order valence-corrected chi connectivity index (χ0v) is 11.6. The van der Waals surface area contributed by atoms with Crippen molar-refractivity contribution < 1.29 is 9.18 Å². The number of nitrogens with one attached hydrogen (secondary N) is 1. The zero-order chi connectivity index (χ0) is 13.8. The molecule has 2 rings (SSSR count). The Hall–Kier alpha value is -1.67. The van der Waals surface area contributed by atoms with Crippen LogP contribution in [0.25, 0.3) is 0 Å². The van der Waals surface area contributed by atoms with Gasteiger partial charge in [-0.05, 0) is 25.1 Å².